The van der Waals surface area contributed by atoms with Gasteiger partial charge in [0, 0.05) is 18.3 Å². The van der Waals surface area contributed by atoms with Gasteiger partial charge in [-0.05, 0) is 57.0 Å². The highest BCUT2D eigenvalue weighted by atomic mass is 16.5. The van der Waals surface area contributed by atoms with Gasteiger partial charge in [0.25, 0.3) is 0 Å². The lowest BCUT2D eigenvalue weighted by Crippen LogP contribution is -2.12. The molecule has 1 heterocycles. The van der Waals surface area contributed by atoms with E-state index in [1.807, 2.05) is 25.4 Å². The Kier molecular flexibility index (Phi) is 4.40. The highest BCUT2D eigenvalue weighted by molar-refractivity contribution is 5.46. The molecule has 0 spiro atoms. The number of benzene rings is 1. The van der Waals surface area contributed by atoms with Gasteiger partial charge in [0.2, 0.25) is 5.88 Å². The summed E-state index contributed by atoms with van der Waals surface area (Å²) >= 11 is 0. The topological polar surface area (TPSA) is 34.1 Å². The zero-order chi connectivity index (χ0) is 14.7. The molecule has 1 aromatic carbocycles. The van der Waals surface area contributed by atoms with Gasteiger partial charge in [0.05, 0.1) is 0 Å². The number of hydrogen-bond donors (Lipinski definition) is 1. The zero-order valence-electron chi connectivity index (χ0n) is 12.8. The largest absolute Gasteiger partial charge is 0.438 e. The van der Waals surface area contributed by atoms with E-state index in [4.69, 9.17) is 4.74 Å². The predicted octanol–water partition coefficient (Wildman–Crippen LogP) is 4.08. The van der Waals surface area contributed by atoms with Crippen LogP contribution >= 0.6 is 0 Å². The van der Waals surface area contributed by atoms with E-state index in [1.165, 1.54) is 11.1 Å². The Labute approximate surface area is 121 Å². The molecule has 20 heavy (non-hydrogen) atoms. The van der Waals surface area contributed by atoms with E-state index in [9.17, 15) is 0 Å². The summed E-state index contributed by atoms with van der Waals surface area (Å²) in [6.07, 6.45) is 1.86. The molecule has 3 heteroatoms. The molecule has 0 fully saturated rings. The normalized spacial score (nSPS) is 12.2. The molecule has 106 valence electrons. The van der Waals surface area contributed by atoms with Gasteiger partial charge in [0.1, 0.15) is 5.75 Å². The summed E-state index contributed by atoms with van der Waals surface area (Å²) in [5, 5.41) is 3.20. The predicted molar refractivity (Wildman–Crippen MR) is 82.4 cm³/mol. The number of ether oxygens (including phenoxy) is 1. The molecule has 0 amide bonds. The van der Waals surface area contributed by atoms with Crippen molar-refractivity contribution in [3.8, 4) is 11.6 Å². The fraction of sp³-hybridized carbons (Fsp3) is 0.353. The molecular formula is C17H22N2O. The summed E-state index contributed by atoms with van der Waals surface area (Å²) in [5.41, 5.74) is 4.67. The molecule has 0 aliphatic rings. The van der Waals surface area contributed by atoms with Crippen LogP contribution in [0, 0.1) is 20.8 Å². The Balaban J connectivity index is 2.25. The minimum Gasteiger partial charge on any atom is -0.438 e. The molecule has 1 unspecified atom stereocenters. The van der Waals surface area contributed by atoms with Crippen LogP contribution in [-0.4, -0.2) is 12.0 Å². The van der Waals surface area contributed by atoms with Crippen LogP contribution in [0.1, 0.15) is 35.2 Å². The number of rotatable bonds is 4. The van der Waals surface area contributed by atoms with E-state index in [0.29, 0.717) is 11.9 Å². The first kappa shape index (κ1) is 14.5. The molecule has 0 aliphatic heterocycles. The number of pyridine rings is 1. The summed E-state index contributed by atoms with van der Waals surface area (Å²) in [7, 11) is 1.94. The van der Waals surface area contributed by atoms with Gasteiger partial charge in [-0.25, -0.2) is 4.98 Å². The Morgan fingerprint density at radius 2 is 1.75 bits per heavy atom. The zero-order valence-corrected chi connectivity index (χ0v) is 12.8. The number of nitrogens with one attached hydrogen (secondary N) is 1. The van der Waals surface area contributed by atoms with E-state index in [0.717, 1.165) is 16.9 Å². The fourth-order valence-corrected chi connectivity index (χ4v) is 2.06. The Morgan fingerprint density at radius 1 is 1.05 bits per heavy atom. The molecule has 0 saturated heterocycles. The van der Waals surface area contributed by atoms with Gasteiger partial charge in [-0.2, -0.15) is 0 Å². The maximum Gasteiger partial charge on any atom is 0.219 e. The minimum atomic E-state index is 0.291. The third kappa shape index (κ3) is 2.99. The number of nitrogens with zero attached hydrogens (tertiary/aromatic N) is 1. The Bertz CT molecular complexity index is 591. The quantitative estimate of drug-likeness (QED) is 0.909. The van der Waals surface area contributed by atoms with Crippen molar-refractivity contribution in [2.75, 3.05) is 7.05 Å². The molecule has 3 nitrogen and oxygen atoms in total. The van der Waals surface area contributed by atoms with E-state index in [1.54, 1.807) is 0 Å². The molecule has 1 atom stereocenters. The SMILES string of the molecule is CNC(C)c1ccc(Oc2c(C)ccc(C)c2C)nc1. The minimum absolute atomic E-state index is 0.291. The lowest BCUT2D eigenvalue weighted by atomic mass is 10.1. The lowest BCUT2D eigenvalue weighted by molar-refractivity contribution is 0.454. The first-order chi connectivity index (χ1) is 9.52. The third-order valence-corrected chi connectivity index (χ3v) is 3.77. The molecule has 0 bridgehead atoms. The van der Waals surface area contributed by atoms with Crippen LogP contribution in [0.15, 0.2) is 30.5 Å². The van der Waals surface area contributed by atoms with Crippen LogP contribution in [0.5, 0.6) is 11.6 Å². The number of hydrogen-bond acceptors (Lipinski definition) is 3. The van der Waals surface area contributed by atoms with Gasteiger partial charge in [-0.15, -0.1) is 0 Å². The smallest absolute Gasteiger partial charge is 0.219 e. The maximum absolute atomic E-state index is 5.96. The second-order valence-corrected chi connectivity index (χ2v) is 5.20. The van der Waals surface area contributed by atoms with Crippen molar-refractivity contribution in [1.29, 1.82) is 0 Å². The summed E-state index contributed by atoms with van der Waals surface area (Å²) in [6, 6.07) is 8.45. The highest BCUT2D eigenvalue weighted by Gasteiger charge is 2.09. The van der Waals surface area contributed by atoms with Crippen molar-refractivity contribution in [2.24, 2.45) is 0 Å². The van der Waals surface area contributed by atoms with E-state index in [2.05, 4.69) is 50.1 Å². The Morgan fingerprint density at radius 3 is 2.35 bits per heavy atom. The second kappa shape index (κ2) is 6.06. The van der Waals surface area contributed by atoms with Crippen LogP contribution in [-0.2, 0) is 0 Å². The van der Waals surface area contributed by atoms with E-state index in [-0.39, 0.29) is 0 Å². The molecule has 0 saturated carbocycles. The lowest BCUT2D eigenvalue weighted by Gasteiger charge is -2.14. The van der Waals surface area contributed by atoms with Crippen molar-refractivity contribution in [1.82, 2.24) is 10.3 Å². The van der Waals surface area contributed by atoms with Crippen LogP contribution in [0.25, 0.3) is 0 Å². The van der Waals surface area contributed by atoms with Gasteiger partial charge in [0.15, 0.2) is 0 Å². The first-order valence-electron chi connectivity index (χ1n) is 6.90. The molecule has 2 rings (SSSR count). The second-order valence-electron chi connectivity index (χ2n) is 5.20. The average Bonchev–Trinajstić information content (AvgIpc) is 2.47. The number of aromatic nitrogens is 1. The van der Waals surface area contributed by atoms with Gasteiger partial charge in [-0.1, -0.05) is 18.2 Å². The fourth-order valence-electron chi connectivity index (χ4n) is 2.06. The standard InChI is InChI=1S/C17H22N2O/c1-11-6-7-12(2)17(13(11)3)20-16-9-8-15(10-19-16)14(4)18-5/h6-10,14,18H,1-5H3. The van der Waals surface area contributed by atoms with Gasteiger partial charge >= 0.3 is 0 Å². The van der Waals surface area contributed by atoms with Crippen LogP contribution < -0.4 is 10.1 Å². The van der Waals surface area contributed by atoms with Crippen molar-refractivity contribution < 1.29 is 4.74 Å². The molecule has 0 aliphatic carbocycles. The summed E-state index contributed by atoms with van der Waals surface area (Å²) in [4.78, 5) is 4.39. The van der Waals surface area contributed by atoms with Crippen molar-refractivity contribution >= 4 is 0 Å². The summed E-state index contributed by atoms with van der Waals surface area (Å²) < 4.78 is 5.96. The van der Waals surface area contributed by atoms with Crippen molar-refractivity contribution in [3.63, 3.8) is 0 Å². The highest BCUT2D eigenvalue weighted by Crippen LogP contribution is 2.29. The average molecular weight is 270 g/mol. The van der Waals surface area contributed by atoms with Gasteiger partial charge < -0.3 is 10.1 Å². The number of aryl methyl sites for hydroxylation is 2. The molecule has 2 aromatic rings. The third-order valence-electron chi connectivity index (χ3n) is 3.77. The van der Waals surface area contributed by atoms with Crippen LogP contribution in [0.4, 0.5) is 0 Å². The molecular weight excluding hydrogens is 248 g/mol. The summed E-state index contributed by atoms with van der Waals surface area (Å²) in [6.45, 7) is 8.33. The molecule has 0 radical (unpaired) electrons. The Hall–Kier alpha value is -1.87. The maximum atomic E-state index is 5.96. The molecule has 1 N–H and O–H groups in total. The first-order valence-corrected chi connectivity index (χ1v) is 6.90. The van der Waals surface area contributed by atoms with E-state index >= 15 is 0 Å². The van der Waals surface area contributed by atoms with Crippen LogP contribution in [0.2, 0.25) is 0 Å². The van der Waals surface area contributed by atoms with Crippen molar-refractivity contribution in [3.05, 3.63) is 52.7 Å². The van der Waals surface area contributed by atoms with Crippen LogP contribution in [0.3, 0.4) is 0 Å². The molecule has 1 aromatic heterocycles. The summed E-state index contributed by atoms with van der Waals surface area (Å²) in [5.74, 6) is 1.54. The van der Waals surface area contributed by atoms with Crippen molar-refractivity contribution in [2.45, 2.75) is 33.7 Å². The van der Waals surface area contributed by atoms with Gasteiger partial charge in [-0.3, -0.25) is 0 Å². The monoisotopic (exact) mass is 270 g/mol. The van der Waals surface area contributed by atoms with E-state index < -0.39 is 0 Å².